The summed E-state index contributed by atoms with van der Waals surface area (Å²) in [6.45, 7) is 1.61. The van der Waals surface area contributed by atoms with Gasteiger partial charge in [0, 0.05) is 30.6 Å². The number of nitrogens with one attached hydrogen (secondary N) is 3. The molecule has 0 unspecified atom stereocenters. The van der Waals surface area contributed by atoms with Crippen LogP contribution >= 0.6 is 0 Å². The molecule has 0 aliphatic heterocycles. The molecule has 0 aromatic heterocycles. The van der Waals surface area contributed by atoms with Gasteiger partial charge in [-0.15, -0.1) is 0 Å². The molecular formula is C27H25N3O5. The van der Waals surface area contributed by atoms with Crippen molar-refractivity contribution in [2.24, 2.45) is 0 Å². The van der Waals surface area contributed by atoms with Gasteiger partial charge in [-0.05, 0) is 21.9 Å². The van der Waals surface area contributed by atoms with Crippen molar-refractivity contribution in [2.45, 2.75) is 19.4 Å². The Balaban J connectivity index is 1.70. The second-order valence-corrected chi connectivity index (χ2v) is 7.82. The third-order valence-electron chi connectivity index (χ3n) is 5.52. The number of carbonyl (C=O) groups is 4. The van der Waals surface area contributed by atoms with Gasteiger partial charge in [0.15, 0.2) is 0 Å². The molecule has 0 aliphatic rings. The van der Waals surface area contributed by atoms with Crippen LogP contribution in [0.5, 0.6) is 0 Å². The summed E-state index contributed by atoms with van der Waals surface area (Å²) in [4.78, 5) is 47.7. The molecule has 3 rings (SSSR count). The highest BCUT2D eigenvalue weighted by Gasteiger charge is 2.24. The van der Waals surface area contributed by atoms with Crippen molar-refractivity contribution in [1.29, 1.82) is 5.41 Å². The van der Waals surface area contributed by atoms with E-state index < -0.39 is 29.5 Å². The number of carboxylic acid groups (broad SMARTS) is 1. The van der Waals surface area contributed by atoms with Crippen LogP contribution in [0.25, 0.3) is 10.8 Å². The van der Waals surface area contributed by atoms with Crippen LogP contribution in [-0.2, 0) is 20.9 Å². The summed E-state index contributed by atoms with van der Waals surface area (Å²) < 4.78 is 0. The Morgan fingerprint density at radius 3 is 2.34 bits per heavy atom. The normalized spacial score (nSPS) is 11.7. The van der Waals surface area contributed by atoms with E-state index in [4.69, 9.17) is 10.5 Å². The number of carbonyl (C=O) groups excluding carboxylic acids is 3. The van der Waals surface area contributed by atoms with Crippen molar-refractivity contribution in [3.8, 4) is 0 Å². The monoisotopic (exact) mass is 471 g/mol. The summed E-state index contributed by atoms with van der Waals surface area (Å²) in [6.07, 6.45) is 2.05. The van der Waals surface area contributed by atoms with Crippen LogP contribution in [0.3, 0.4) is 0 Å². The molecular weight excluding hydrogens is 446 g/mol. The molecule has 2 amide bonds. The van der Waals surface area contributed by atoms with Crippen LogP contribution in [0, 0.1) is 5.41 Å². The molecule has 0 spiro atoms. The van der Waals surface area contributed by atoms with Gasteiger partial charge in [0.05, 0.1) is 5.71 Å². The summed E-state index contributed by atoms with van der Waals surface area (Å²) >= 11 is 0. The first-order valence-electron chi connectivity index (χ1n) is 10.9. The van der Waals surface area contributed by atoms with Crippen molar-refractivity contribution in [3.05, 3.63) is 95.6 Å². The first-order valence-corrected chi connectivity index (χ1v) is 10.9. The Kier molecular flexibility index (Phi) is 8.24. The van der Waals surface area contributed by atoms with Gasteiger partial charge in [0.2, 0.25) is 5.78 Å². The number of rotatable bonds is 9. The van der Waals surface area contributed by atoms with Crippen molar-refractivity contribution in [2.75, 3.05) is 6.54 Å². The maximum absolute atomic E-state index is 13.3. The van der Waals surface area contributed by atoms with Crippen molar-refractivity contribution in [1.82, 2.24) is 10.6 Å². The minimum Gasteiger partial charge on any atom is -0.478 e. The van der Waals surface area contributed by atoms with E-state index in [1.807, 2.05) is 49.4 Å². The Morgan fingerprint density at radius 2 is 1.57 bits per heavy atom. The predicted octanol–water partition coefficient (Wildman–Crippen LogP) is 3.22. The van der Waals surface area contributed by atoms with Gasteiger partial charge in [-0.1, -0.05) is 79.7 Å². The van der Waals surface area contributed by atoms with Crippen LogP contribution < -0.4 is 10.6 Å². The number of aliphatic carboxylic acids is 1. The second kappa shape index (κ2) is 11.5. The number of hydrogen-bond donors (Lipinski definition) is 4. The maximum atomic E-state index is 13.3. The second-order valence-electron chi connectivity index (χ2n) is 7.82. The highest BCUT2D eigenvalue weighted by molar-refractivity contribution is 6.47. The lowest BCUT2D eigenvalue weighted by Crippen LogP contribution is -2.39. The SMILES string of the molecule is C[C@@H](C(=N)C(=O)c1ccccc1CNC(=O)C(=O)NC/C=C/C(=O)O)c1cccc2ccccc12. The largest absolute Gasteiger partial charge is 0.478 e. The molecule has 8 nitrogen and oxygen atoms in total. The maximum Gasteiger partial charge on any atom is 0.328 e. The number of carboxylic acids is 1. The number of Topliss-reactive ketones (excluding diaryl/α,β-unsaturated/α-hetero) is 1. The van der Waals surface area contributed by atoms with Gasteiger partial charge in [0.25, 0.3) is 0 Å². The summed E-state index contributed by atoms with van der Waals surface area (Å²) in [6, 6.07) is 20.2. The minimum atomic E-state index is -1.16. The van der Waals surface area contributed by atoms with E-state index in [1.165, 1.54) is 6.08 Å². The molecule has 0 fully saturated rings. The molecule has 0 bridgehead atoms. The van der Waals surface area contributed by atoms with E-state index >= 15 is 0 Å². The van der Waals surface area contributed by atoms with E-state index in [-0.39, 0.29) is 24.4 Å². The number of amides is 2. The smallest absolute Gasteiger partial charge is 0.328 e. The molecule has 3 aromatic carbocycles. The van der Waals surface area contributed by atoms with Crippen LogP contribution in [0.2, 0.25) is 0 Å². The van der Waals surface area contributed by atoms with E-state index in [9.17, 15) is 19.2 Å². The molecule has 0 saturated carbocycles. The summed E-state index contributed by atoms with van der Waals surface area (Å²) in [5.74, 6) is -3.93. The number of ketones is 1. The zero-order valence-electron chi connectivity index (χ0n) is 19.1. The molecule has 0 aliphatic carbocycles. The number of hydrogen-bond acceptors (Lipinski definition) is 5. The van der Waals surface area contributed by atoms with Crippen LogP contribution in [0.4, 0.5) is 0 Å². The fraction of sp³-hybridized carbons (Fsp3) is 0.148. The summed E-state index contributed by atoms with van der Waals surface area (Å²) in [5.41, 5.74) is 1.54. The van der Waals surface area contributed by atoms with Gasteiger partial charge in [-0.2, -0.15) is 0 Å². The highest BCUT2D eigenvalue weighted by atomic mass is 16.4. The lowest BCUT2D eigenvalue weighted by Gasteiger charge is -2.17. The van der Waals surface area contributed by atoms with Gasteiger partial charge < -0.3 is 21.1 Å². The standard InChI is InChI=1S/C27H25N3O5/c1-17(20-13-6-10-18-8-2-4-11-21(18)20)24(28)25(33)22-12-5-3-9-19(22)16-30-27(35)26(34)29-15-7-14-23(31)32/h2-14,17,28H,15-16H2,1H3,(H,29,34)(H,30,35)(H,31,32)/b14-7+,28-24?/t17-/m1/s1. The van der Waals surface area contributed by atoms with Gasteiger partial charge in [-0.25, -0.2) is 4.79 Å². The molecule has 4 N–H and O–H groups in total. The zero-order chi connectivity index (χ0) is 25.4. The lowest BCUT2D eigenvalue weighted by atomic mass is 9.87. The Morgan fingerprint density at radius 1 is 0.914 bits per heavy atom. The molecule has 3 aromatic rings. The topological polar surface area (TPSA) is 136 Å². The molecule has 178 valence electrons. The average Bonchev–Trinajstić information content (AvgIpc) is 2.88. The third-order valence-corrected chi connectivity index (χ3v) is 5.52. The van der Waals surface area contributed by atoms with Crippen molar-refractivity contribution >= 4 is 40.1 Å². The van der Waals surface area contributed by atoms with Crippen molar-refractivity contribution < 1.29 is 24.3 Å². The van der Waals surface area contributed by atoms with Crippen molar-refractivity contribution in [3.63, 3.8) is 0 Å². The first kappa shape index (κ1) is 25.0. The lowest BCUT2D eigenvalue weighted by molar-refractivity contribution is -0.139. The van der Waals surface area contributed by atoms with E-state index in [2.05, 4.69) is 10.6 Å². The molecule has 8 heteroatoms. The summed E-state index contributed by atoms with van der Waals surface area (Å²) in [5, 5.41) is 23.9. The molecule has 0 heterocycles. The van der Waals surface area contributed by atoms with Crippen LogP contribution in [0.1, 0.15) is 34.3 Å². The fourth-order valence-corrected chi connectivity index (χ4v) is 3.67. The Bertz CT molecular complexity index is 1320. The van der Waals surface area contributed by atoms with Gasteiger partial charge >= 0.3 is 17.8 Å². The molecule has 0 radical (unpaired) electrons. The predicted molar refractivity (Wildman–Crippen MR) is 132 cm³/mol. The third kappa shape index (κ3) is 6.26. The zero-order valence-corrected chi connectivity index (χ0v) is 19.1. The quantitative estimate of drug-likeness (QED) is 0.164. The molecule has 1 atom stereocenters. The average molecular weight is 472 g/mol. The van der Waals surface area contributed by atoms with Gasteiger partial charge in [0.1, 0.15) is 0 Å². The number of benzene rings is 3. The number of fused-ring (bicyclic) bond motifs is 1. The van der Waals surface area contributed by atoms with E-state index in [0.29, 0.717) is 5.56 Å². The molecule has 35 heavy (non-hydrogen) atoms. The van der Waals surface area contributed by atoms with Crippen LogP contribution in [0.15, 0.2) is 78.9 Å². The first-order chi connectivity index (χ1) is 16.8. The highest BCUT2D eigenvalue weighted by Crippen LogP contribution is 2.27. The Labute approximate surface area is 202 Å². The summed E-state index contributed by atoms with van der Waals surface area (Å²) in [7, 11) is 0. The van der Waals surface area contributed by atoms with Gasteiger partial charge in [-0.3, -0.25) is 14.4 Å². The molecule has 0 saturated heterocycles. The fourth-order valence-electron chi connectivity index (χ4n) is 3.67. The minimum absolute atomic E-state index is 0.0805. The van der Waals surface area contributed by atoms with E-state index in [0.717, 1.165) is 22.4 Å². The Hall–Kier alpha value is -4.59. The van der Waals surface area contributed by atoms with E-state index in [1.54, 1.807) is 24.3 Å². The van der Waals surface area contributed by atoms with Crippen LogP contribution in [-0.4, -0.2) is 40.9 Å².